The number of amides is 1. The third kappa shape index (κ3) is 2.61. The van der Waals surface area contributed by atoms with Crippen molar-refractivity contribution in [1.82, 2.24) is 0 Å². The molecule has 0 bridgehead atoms. The molecule has 0 spiro atoms. The van der Waals surface area contributed by atoms with E-state index in [1.54, 1.807) is 18.2 Å². The van der Waals surface area contributed by atoms with E-state index in [1.165, 1.54) is 12.1 Å². The van der Waals surface area contributed by atoms with Crippen LogP contribution in [0.4, 0.5) is 10.1 Å². The molecule has 22 heavy (non-hydrogen) atoms. The average Bonchev–Trinajstić information content (AvgIpc) is 2.41. The largest absolute Gasteiger partial charge is 0.325 e. The fraction of sp³-hybridized carbons (Fsp3) is 0.278. The molecular weight excluding hydrogens is 301 g/mol. The van der Waals surface area contributed by atoms with Gasteiger partial charge in [0, 0.05) is 10.7 Å². The standard InChI is InChI=1S/C18H17ClFNO/c1-12-10-14(19)6-7-16(12)21-17(22)18(8-3-9-18)13-4-2-5-15(20)11-13/h2,4-7,10-11H,3,8-9H2,1H3,(H,21,22). The number of rotatable bonds is 3. The van der Waals surface area contributed by atoms with Crippen molar-refractivity contribution in [1.29, 1.82) is 0 Å². The lowest BCUT2D eigenvalue weighted by Gasteiger charge is -2.40. The molecule has 1 aliphatic carbocycles. The van der Waals surface area contributed by atoms with Gasteiger partial charge in [-0.2, -0.15) is 0 Å². The Kier molecular flexibility index (Phi) is 3.92. The number of aryl methyl sites for hydroxylation is 1. The number of nitrogens with one attached hydrogen (secondary N) is 1. The highest BCUT2D eigenvalue weighted by atomic mass is 35.5. The number of benzene rings is 2. The van der Waals surface area contributed by atoms with E-state index in [2.05, 4.69) is 5.32 Å². The molecule has 2 aromatic rings. The van der Waals surface area contributed by atoms with Crippen molar-refractivity contribution in [2.45, 2.75) is 31.6 Å². The second-order valence-corrected chi connectivity index (χ2v) is 6.30. The summed E-state index contributed by atoms with van der Waals surface area (Å²) < 4.78 is 13.5. The predicted molar refractivity (Wildman–Crippen MR) is 86.7 cm³/mol. The van der Waals surface area contributed by atoms with E-state index < -0.39 is 5.41 Å². The molecule has 3 rings (SSSR count). The maximum atomic E-state index is 13.5. The molecule has 0 atom stereocenters. The van der Waals surface area contributed by atoms with Crippen molar-refractivity contribution in [2.75, 3.05) is 5.32 Å². The molecule has 0 unspecified atom stereocenters. The average molecular weight is 318 g/mol. The van der Waals surface area contributed by atoms with E-state index in [4.69, 9.17) is 11.6 Å². The van der Waals surface area contributed by atoms with Gasteiger partial charge in [0.1, 0.15) is 5.82 Å². The molecule has 1 N–H and O–H groups in total. The smallest absolute Gasteiger partial charge is 0.235 e. The van der Waals surface area contributed by atoms with E-state index in [0.29, 0.717) is 5.02 Å². The normalized spacial score (nSPS) is 16.0. The van der Waals surface area contributed by atoms with Gasteiger partial charge in [0.05, 0.1) is 5.41 Å². The van der Waals surface area contributed by atoms with Crippen LogP contribution in [0.5, 0.6) is 0 Å². The first kappa shape index (κ1) is 15.0. The Morgan fingerprint density at radius 1 is 1.23 bits per heavy atom. The van der Waals surface area contributed by atoms with Crippen LogP contribution in [-0.2, 0) is 10.2 Å². The topological polar surface area (TPSA) is 29.1 Å². The van der Waals surface area contributed by atoms with Gasteiger partial charge in [0.15, 0.2) is 0 Å². The van der Waals surface area contributed by atoms with Gasteiger partial charge in [-0.1, -0.05) is 30.2 Å². The molecule has 1 saturated carbocycles. The van der Waals surface area contributed by atoms with Crippen molar-refractivity contribution in [2.24, 2.45) is 0 Å². The van der Waals surface area contributed by atoms with Crippen LogP contribution in [-0.4, -0.2) is 5.91 Å². The highest BCUT2D eigenvalue weighted by molar-refractivity contribution is 6.30. The second-order valence-electron chi connectivity index (χ2n) is 5.86. The zero-order valence-electron chi connectivity index (χ0n) is 12.3. The minimum atomic E-state index is -0.617. The van der Waals surface area contributed by atoms with Crippen LogP contribution in [0.15, 0.2) is 42.5 Å². The van der Waals surface area contributed by atoms with Crippen molar-refractivity contribution < 1.29 is 9.18 Å². The van der Waals surface area contributed by atoms with Crippen molar-refractivity contribution in [3.63, 3.8) is 0 Å². The van der Waals surface area contributed by atoms with Gasteiger partial charge in [0.2, 0.25) is 5.91 Å². The first-order valence-corrected chi connectivity index (χ1v) is 7.73. The molecule has 2 aromatic carbocycles. The number of halogens is 2. The van der Waals surface area contributed by atoms with Gasteiger partial charge in [-0.25, -0.2) is 4.39 Å². The zero-order chi connectivity index (χ0) is 15.7. The lowest BCUT2D eigenvalue weighted by atomic mass is 9.63. The molecule has 0 aliphatic heterocycles. The van der Waals surface area contributed by atoms with Crippen molar-refractivity contribution >= 4 is 23.2 Å². The van der Waals surface area contributed by atoms with Gasteiger partial charge < -0.3 is 5.32 Å². The van der Waals surface area contributed by atoms with Gasteiger partial charge >= 0.3 is 0 Å². The van der Waals surface area contributed by atoms with E-state index in [0.717, 1.165) is 36.1 Å². The number of hydrogen-bond donors (Lipinski definition) is 1. The fourth-order valence-corrected chi connectivity index (χ4v) is 3.20. The Balaban J connectivity index is 1.89. The monoisotopic (exact) mass is 317 g/mol. The fourth-order valence-electron chi connectivity index (χ4n) is 2.97. The zero-order valence-corrected chi connectivity index (χ0v) is 13.1. The summed E-state index contributed by atoms with van der Waals surface area (Å²) in [7, 11) is 0. The number of carbonyl (C=O) groups is 1. The Bertz CT molecular complexity index is 725. The molecule has 1 amide bonds. The van der Waals surface area contributed by atoms with Crippen molar-refractivity contribution in [3.05, 3.63) is 64.4 Å². The lowest BCUT2D eigenvalue weighted by molar-refractivity contribution is -0.124. The van der Waals surface area contributed by atoms with E-state index in [9.17, 15) is 9.18 Å². The number of anilines is 1. The first-order valence-electron chi connectivity index (χ1n) is 7.35. The summed E-state index contributed by atoms with van der Waals surface area (Å²) in [6.07, 6.45) is 2.47. The van der Waals surface area contributed by atoms with Crippen LogP contribution in [0.25, 0.3) is 0 Å². The third-order valence-corrected chi connectivity index (χ3v) is 4.69. The van der Waals surface area contributed by atoms with Gasteiger partial charge in [-0.05, 0) is 61.2 Å². The molecule has 114 valence electrons. The summed E-state index contributed by atoms with van der Waals surface area (Å²) >= 11 is 5.94. The molecule has 0 heterocycles. The second kappa shape index (κ2) is 5.73. The molecule has 1 aliphatic rings. The summed E-state index contributed by atoms with van der Waals surface area (Å²) in [6.45, 7) is 1.90. The summed E-state index contributed by atoms with van der Waals surface area (Å²) in [5.41, 5.74) is 1.79. The molecule has 0 radical (unpaired) electrons. The number of carbonyl (C=O) groups excluding carboxylic acids is 1. The number of hydrogen-bond acceptors (Lipinski definition) is 1. The van der Waals surface area contributed by atoms with E-state index in [-0.39, 0.29) is 11.7 Å². The van der Waals surface area contributed by atoms with Gasteiger partial charge in [-0.15, -0.1) is 0 Å². The van der Waals surface area contributed by atoms with Crippen LogP contribution in [0.1, 0.15) is 30.4 Å². The summed E-state index contributed by atoms with van der Waals surface area (Å²) in [6, 6.07) is 11.7. The van der Waals surface area contributed by atoms with Gasteiger partial charge in [0.25, 0.3) is 0 Å². The third-order valence-electron chi connectivity index (χ3n) is 4.46. The molecular formula is C18H17ClFNO. The van der Waals surface area contributed by atoms with Crippen molar-refractivity contribution in [3.8, 4) is 0 Å². The van der Waals surface area contributed by atoms with Crippen LogP contribution in [0, 0.1) is 12.7 Å². The Morgan fingerprint density at radius 3 is 2.59 bits per heavy atom. The Hall–Kier alpha value is -1.87. The Labute approximate surface area is 134 Å². The SMILES string of the molecule is Cc1cc(Cl)ccc1NC(=O)C1(c2cccc(F)c2)CCC1. The lowest BCUT2D eigenvalue weighted by Crippen LogP contribution is -2.46. The van der Waals surface area contributed by atoms with Crippen LogP contribution in [0.2, 0.25) is 5.02 Å². The minimum absolute atomic E-state index is 0.0743. The van der Waals surface area contributed by atoms with E-state index in [1.807, 2.05) is 19.1 Å². The molecule has 1 fully saturated rings. The molecule has 4 heteroatoms. The summed E-state index contributed by atoms with van der Waals surface area (Å²) in [5.74, 6) is -0.381. The summed E-state index contributed by atoms with van der Waals surface area (Å²) in [5, 5.41) is 3.62. The maximum absolute atomic E-state index is 13.5. The highest BCUT2D eigenvalue weighted by Crippen LogP contribution is 2.45. The molecule has 0 aromatic heterocycles. The highest BCUT2D eigenvalue weighted by Gasteiger charge is 2.45. The molecule has 2 nitrogen and oxygen atoms in total. The minimum Gasteiger partial charge on any atom is -0.325 e. The van der Waals surface area contributed by atoms with Crippen LogP contribution < -0.4 is 5.32 Å². The quantitative estimate of drug-likeness (QED) is 0.861. The van der Waals surface area contributed by atoms with Gasteiger partial charge in [-0.3, -0.25) is 4.79 Å². The predicted octanol–water partition coefficient (Wildman–Crippen LogP) is 4.85. The van der Waals surface area contributed by atoms with Crippen LogP contribution in [0.3, 0.4) is 0 Å². The Morgan fingerprint density at radius 2 is 2.00 bits per heavy atom. The maximum Gasteiger partial charge on any atom is 0.235 e. The van der Waals surface area contributed by atoms with E-state index >= 15 is 0 Å². The summed E-state index contributed by atoms with van der Waals surface area (Å²) in [4.78, 5) is 12.8. The first-order chi connectivity index (χ1) is 10.5. The molecule has 0 saturated heterocycles. The van der Waals surface area contributed by atoms with Crippen LogP contribution >= 0.6 is 11.6 Å².